The summed E-state index contributed by atoms with van der Waals surface area (Å²) in [6.07, 6.45) is 3.59. The van der Waals surface area contributed by atoms with Gasteiger partial charge in [0.1, 0.15) is 5.75 Å². The van der Waals surface area contributed by atoms with E-state index in [1.807, 2.05) is 55.6 Å². The van der Waals surface area contributed by atoms with Crippen LogP contribution in [0, 0.1) is 0 Å². The number of phenols is 1. The number of phenolic OH excluding ortho intramolecular Hbond substituents is 1. The highest BCUT2D eigenvalue weighted by Gasteiger charge is 2.17. The Morgan fingerprint density at radius 1 is 0.968 bits per heavy atom. The van der Waals surface area contributed by atoms with Crippen molar-refractivity contribution in [3.63, 3.8) is 0 Å². The molecule has 0 unspecified atom stereocenters. The van der Waals surface area contributed by atoms with E-state index < -0.39 is 0 Å². The molecule has 0 aliphatic carbocycles. The number of benzene rings is 2. The van der Waals surface area contributed by atoms with Crippen molar-refractivity contribution in [3.05, 3.63) is 95.0 Å². The molecule has 8 heteroatoms. The molecule has 0 bridgehead atoms. The van der Waals surface area contributed by atoms with Crippen molar-refractivity contribution in [2.24, 2.45) is 0 Å². The summed E-state index contributed by atoms with van der Waals surface area (Å²) >= 11 is 7.89. The van der Waals surface area contributed by atoms with E-state index in [9.17, 15) is 5.11 Å². The highest BCUT2D eigenvalue weighted by Crippen LogP contribution is 2.27. The predicted molar refractivity (Wildman–Crippen MR) is 123 cm³/mol. The Morgan fingerprint density at radius 3 is 2.48 bits per heavy atom. The van der Waals surface area contributed by atoms with Crippen LogP contribution >= 0.6 is 23.4 Å². The molecule has 0 aliphatic heterocycles. The summed E-state index contributed by atoms with van der Waals surface area (Å²) in [6, 6.07) is 19.0. The van der Waals surface area contributed by atoms with Crippen LogP contribution in [0.15, 0.2) is 78.2 Å². The number of hydrogen-bond acceptors (Lipinski definition) is 6. The first-order valence-corrected chi connectivity index (χ1v) is 11.1. The lowest BCUT2D eigenvalue weighted by molar-refractivity contribution is 0.308. The van der Waals surface area contributed by atoms with Crippen LogP contribution in [0.1, 0.15) is 17.0 Å². The molecule has 2 aromatic carbocycles. The zero-order valence-corrected chi connectivity index (χ0v) is 18.6. The van der Waals surface area contributed by atoms with Gasteiger partial charge in [-0.15, -0.1) is 10.2 Å². The molecule has 158 valence electrons. The highest BCUT2D eigenvalue weighted by atomic mass is 35.5. The van der Waals surface area contributed by atoms with Crippen LogP contribution in [0.4, 0.5) is 0 Å². The number of aromatic hydroxyl groups is 1. The van der Waals surface area contributed by atoms with Gasteiger partial charge in [0, 0.05) is 29.7 Å². The summed E-state index contributed by atoms with van der Waals surface area (Å²) in [7, 11) is 2.04. The molecular formula is C23H22ClN5OS. The zero-order valence-electron chi connectivity index (χ0n) is 17.0. The summed E-state index contributed by atoms with van der Waals surface area (Å²) in [6.45, 7) is 1.33. The summed E-state index contributed by atoms with van der Waals surface area (Å²) in [5.74, 6) is 1.87. The fourth-order valence-electron chi connectivity index (χ4n) is 3.21. The van der Waals surface area contributed by atoms with Crippen molar-refractivity contribution in [3.8, 4) is 11.4 Å². The van der Waals surface area contributed by atoms with Crippen LogP contribution in [-0.2, 0) is 18.8 Å². The molecule has 0 radical (unpaired) electrons. The maximum Gasteiger partial charge on any atom is 0.196 e. The van der Waals surface area contributed by atoms with Gasteiger partial charge in [-0.05, 0) is 60.6 Å². The summed E-state index contributed by atoms with van der Waals surface area (Å²) < 4.78 is 2.06. The summed E-state index contributed by atoms with van der Waals surface area (Å²) in [5, 5.41) is 19.9. The second kappa shape index (κ2) is 9.96. The van der Waals surface area contributed by atoms with Gasteiger partial charge in [-0.2, -0.15) is 0 Å². The number of thioether (sulfide) groups is 1. The Bertz CT molecular complexity index is 1130. The van der Waals surface area contributed by atoms with Gasteiger partial charge in [-0.1, -0.05) is 41.6 Å². The largest absolute Gasteiger partial charge is 0.508 e. The van der Waals surface area contributed by atoms with Crippen LogP contribution in [0.25, 0.3) is 5.69 Å². The van der Waals surface area contributed by atoms with Gasteiger partial charge in [-0.25, -0.2) is 0 Å². The number of halogens is 1. The second-order valence-corrected chi connectivity index (χ2v) is 8.58. The van der Waals surface area contributed by atoms with Gasteiger partial charge in [0.15, 0.2) is 11.0 Å². The fourth-order valence-corrected chi connectivity index (χ4v) is 4.32. The molecule has 2 aromatic heterocycles. The van der Waals surface area contributed by atoms with Crippen molar-refractivity contribution < 1.29 is 5.11 Å². The number of rotatable bonds is 8. The molecule has 0 fully saturated rings. The molecular weight excluding hydrogens is 430 g/mol. The second-order valence-electron chi connectivity index (χ2n) is 7.20. The topological polar surface area (TPSA) is 67.1 Å². The molecule has 0 saturated heterocycles. The van der Waals surface area contributed by atoms with E-state index >= 15 is 0 Å². The van der Waals surface area contributed by atoms with Gasteiger partial charge in [0.25, 0.3) is 0 Å². The molecule has 4 aromatic rings. The van der Waals surface area contributed by atoms with Crippen LogP contribution in [0.3, 0.4) is 0 Å². The molecule has 2 heterocycles. The third kappa shape index (κ3) is 5.64. The molecule has 0 spiro atoms. The Labute approximate surface area is 190 Å². The first-order chi connectivity index (χ1) is 15.1. The molecule has 0 atom stereocenters. The van der Waals surface area contributed by atoms with Crippen molar-refractivity contribution in [2.75, 3.05) is 7.05 Å². The van der Waals surface area contributed by atoms with Crippen LogP contribution in [0.5, 0.6) is 5.75 Å². The maximum atomic E-state index is 9.49. The molecule has 1 N–H and O–H groups in total. The molecule has 0 aliphatic rings. The minimum Gasteiger partial charge on any atom is -0.508 e. The van der Waals surface area contributed by atoms with Crippen molar-refractivity contribution in [1.29, 1.82) is 0 Å². The maximum absolute atomic E-state index is 9.49. The Morgan fingerprint density at radius 2 is 1.74 bits per heavy atom. The minimum absolute atomic E-state index is 0.267. The fraction of sp³-hybridized carbons (Fsp3) is 0.174. The zero-order chi connectivity index (χ0) is 21.6. The van der Waals surface area contributed by atoms with E-state index in [0.717, 1.165) is 34.5 Å². The van der Waals surface area contributed by atoms with E-state index in [1.54, 1.807) is 36.3 Å². The average molecular weight is 452 g/mol. The van der Waals surface area contributed by atoms with E-state index in [0.29, 0.717) is 11.6 Å². The van der Waals surface area contributed by atoms with Crippen molar-refractivity contribution >= 4 is 23.4 Å². The molecule has 0 amide bonds. The van der Waals surface area contributed by atoms with Gasteiger partial charge in [-0.3, -0.25) is 14.5 Å². The number of nitrogens with zero attached hydrogens (tertiary/aromatic N) is 5. The first-order valence-electron chi connectivity index (χ1n) is 9.77. The standard InChI is InChI=1S/C23H22ClN5OS/c1-28(14-17-5-7-21(30)8-6-17)15-22-26-27-23(31-16-18-9-11-25-12-10-18)29(22)20-4-2-3-19(24)13-20/h2-13,30H,14-16H2,1H3. The van der Waals surface area contributed by atoms with E-state index in [1.165, 1.54) is 5.56 Å². The van der Waals surface area contributed by atoms with Crippen molar-refractivity contribution in [1.82, 2.24) is 24.6 Å². The van der Waals surface area contributed by atoms with Gasteiger partial charge in [0.05, 0.1) is 12.2 Å². The van der Waals surface area contributed by atoms with Gasteiger partial charge >= 0.3 is 0 Å². The van der Waals surface area contributed by atoms with E-state index in [2.05, 4.69) is 24.6 Å². The summed E-state index contributed by atoms with van der Waals surface area (Å²) in [4.78, 5) is 6.24. The normalized spacial score (nSPS) is 11.2. The van der Waals surface area contributed by atoms with Crippen LogP contribution < -0.4 is 0 Å². The predicted octanol–water partition coefficient (Wildman–Crippen LogP) is 4.95. The molecule has 6 nitrogen and oxygen atoms in total. The van der Waals surface area contributed by atoms with Gasteiger partial charge in [0.2, 0.25) is 0 Å². The molecule has 31 heavy (non-hydrogen) atoms. The van der Waals surface area contributed by atoms with Crippen molar-refractivity contribution in [2.45, 2.75) is 24.0 Å². The van der Waals surface area contributed by atoms with Gasteiger partial charge < -0.3 is 5.11 Å². The third-order valence-corrected chi connectivity index (χ3v) is 5.92. The molecule has 4 rings (SSSR count). The number of aromatic nitrogens is 4. The van der Waals surface area contributed by atoms with Crippen LogP contribution in [-0.4, -0.2) is 36.8 Å². The average Bonchev–Trinajstić information content (AvgIpc) is 3.17. The SMILES string of the molecule is CN(Cc1ccc(O)cc1)Cc1nnc(SCc2ccncc2)n1-c1cccc(Cl)c1. The monoisotopic (exact) mass is 451 g/mol. The minimum atomic E-state index is 0.267. The Balaban J connectivity index is 1.57. The third-order valence-electron chi connectivity index (χ3n) is 4.68. The first kappa shape index (κ1) is 21.4. The Kier molecular flexibility index (Phi) is 6.86. The van der Waals surface area contributed by atoms with E-state index in [4.69, 9.17) is 11.6 Å². The molecule has 0 saturated carbocycles. The van der Waals surface area contributed by atoms with Crippen LogP contribution in [0.2, 0.25) is 5.02 Å². The number of pyridine rings is 1. The Hall–Kier alpha value is -2.87. The number of hydrogen-bond donors (Lipinski definition) is 1. The lowest BCUT2D eigenvalue weighted by Gasteiger charge is -2.18. The van der Waals surface area contributed by atoms with E-state index in [-0.39, 0.29) is 5.75 Å². The lowest BCUT2D eigenvalue weighted by Crippen LogP contribution is -2.20. The smallest absolute Gasteiger partial charge is 0.196 e. The lowest BCUT2D eigenvalue weighted by atomic mass is 10.2. The highest BCUT2D eigenvalue weighted by molar-refractivity contribution is 7.98. The summed E-state index contributed by atoms with van der Waals surface area (Å²) in [5.41, 5.74) is 3.22. The quantitative estimate of drug-likeness (QED) is 0.382.